The van der Waals surface area contributed by atoms with E-state index in [1.54, 1.807) is 12.1 Å². The SMILES string of the molecule is Fc1ccc(CNCc2ccc(CSC(F)F)o2)c(F)c1. The van der Waals surface area contributed by atoms with E-state index in [-0.39, 0.29) is 12.3 Å². The van der Waals surface area contributed by atoms with Gasteiger partial charge in [0.25, 0.3) is 5.76 Å². The number of thioether (sulfide) groups is 1. The fourth-order valence-electron chi connectivity index (χ4n) is 1.73. The van der Waals surface area contributed by atoms with Gasteiger partial charge in [-0.15, -0.1) is 0 Å². The van der Waals surface area contributed by atoms with Gasteiger partial charge < -0.3 is 9.73 Å². The molecule has 1 heterocycles. The van der Waals surface area contributed by atoms with Crippen molar-refractivity contribution in [1.82, 2.24) is 5.32 Å². The Bertz CT molecular complexity index is 588. The molecule has 1 aromatic heterocycles. The topological polar surface area (TPSA) is 25.2 Å². The Balaban J connectivity index is 1.80. The van der Waals surface area contributed by atoms with E-state index in [0.29, 0.717) is 35.4 Å². The third kappa shape index (κ3) is 5.09. The molecule has 2 rings (SSSR count). The predicted octanol–water partition coefficient (Wildman–Crippen LogP) is 4.30. The summed E-state index contributed by atoms with van der Waals surface area (Å²) in [5.74, 6) is -2.53. The minimum atomic E-state index is -2.43. The number of alkyl halides is 2. The van der Waals surface area contributed by atoms with Crippen LogP contribution in [0.1, 0.15) is 17.1 Å². The van der Waals surface area contributed by atoms with Gasteiger partial charge in [-0.05, 0) is 18.2 Å². The molecule has 0 bridgehead atoms. The Morgan fingerprint density at radius 3 is 2.52 bits per heavy atom. The summed E-state index contributed by atoms with van der Waals surface area (Å²) < 4.78 is 55.5. The normalized spacial score (nSPS) is 11.3. The molecule has 0 aliphatic rings. The van der Waals surface area contributed by atoms with Crippen LogP contribution in [0.3, 0.4) is 0 Å². The molecule has 0 unspecified atom stereocenters. The van der Waals surface area contributed by atoms with Crippen molar-refractivity contribution < 1.29 is 22.0 Å². The first-order chi connectivity index (χ1) is 10.0. The quantitative estimate of drug-likeness (QED) is 0.770. The second-order valence-corrected chi connectivity index (χ2v) is 5.26. The maximum atomic E-state index is 13.4. The van der Waals surface area contributed by atoms with Gasteiger partial charge in [-0.1, -0.05) is 17.8 Å². The zero-order valence-electron chi connectivity index (χ0n) is 10.9. The highest BCUT2D eigenvalue weighted by Crippen LogP contribution is 2.21. The third-order valence-corrected chi connectivity index (χ3v) is 3.40. The summed E-state index contributed by atoms with van der Waals surface area (Å²) in [5.41, 5.74) is 0.344. The van der Waals surface area contributed by atoms with E-state index in [4.69, 9.17) is 4.42 Å². The lowest BCUT2D eigenvalue weighted by Gasteiger charge is -2.04. The number of benzene rings is 1. The summed E-state index contributed by atoms with van der Waals surface area (Å²) in [7, 11) is 0. The summed E-state index contributed by atoms with van der Waals surface area (Å²) >= 11 is 0.489. The lowest BCUT2D eigenvalue weighted by Crippen LogP contribution is -2.13. The van der Waals surface area contributed by atoms with Crippen molar-refractivity contribution in [2.45, 2.75) is 24.6 Å². The average molecular weight is 319 g/mol. The van der Waals surface area contributed by atoms with E-state index in [1.807, 2.05) is 0 Å². The van der Waals surface area contributed by atoms with Gasteiger partial charge in [-0.3, -0.25) is 0 Å². The predicted molar refractivity (Wildman–Crippen MR) is 72.9 cm³/mol. The van der Waals surface area contributed by atoms with Gasteiger partial charge in [0.2, 0.25) is 0 Å². The van der Waals surface area contributed by atoms with E-state index in [9.17, 15) is 17.6 Å². The largest absolute Gasteiger partial charge is 0.464 e. The summed E-state index contributed by atoms with van der Waals surface area (Å²) in [6.45, 7) is 0.546. The van der Waals surface area contributed by atoms with Gasteiger partial charge in [0.05, 0.1) is 12.3 Å². The molecule has 0 saturated carbocycles. The lowest BCUT2D eigenvalue weighted by molar-refractivity contribution is 0.251. The number of rotatable bonds is 7. The average Bonchev–Trinajstić information content (AvgIpc) is 2.87. The van der Waals surface area contributed by atoms with Gasteiger partial charge >= 0.3 is 0 Å². The van der Waals surface area contributed by atoms with Crippen molar-refractivity contribution in [3.05, 3.63) is 59.1 Å². The summed E-state index contributed by atoms with van der Waals surface area (Å²) in [6, 6.07) is 6.68. The van der Waals surface area contributed by atoms with Crippen LogP contribution >= 0.6 is 11.8 Å². The highest BCUT2D eigenvalue weighted by molar-refractivity contribution is 7.98. The van der Waals surface area contributed by atoms with Gasteiger partial charge in [0.1, 0.15) is 23.2 Å². The number of nitrogens with one attached hydrogen (secondary N) is 1. The van der Waals surface area contributed by atoms with Gasteiger partial charge in [0.15, 0.2) is 0 Å². The minimum Gasteiger partial charge on any atom is -0.464 e. The van der Waals surface area contributed by atoms with Crippen molar-refractivity contribution in [3.8, 4) is 0 Å². The zero-order valence-corrected chi connectivity index (χ0v) is 11.7. The van der Waals surface area contributed by atoms with Crippen LogP contribution in [0.2, 0.25) is 0 Å². The van der Waals surface area contributed by atoms with Gasteiger partial charge in [-0.25, -0.2) is 8.78 Å². The number of hydrogen-bond acceptors (Lipinski definition) is 3. The van der Waals surface area contributed by atoms with Crippen LogP contribution in [0.4, 0.5) is 17.6 Å². The van der Waals surface area contributed by atoms with Crippen LogP contribution in [0.15, 0.2) is 34.7 Å². The molecule has 0 spiro atoms. The molecule has 0 fully saturated rings. The second-order valence-electron chi connectivity index (χ2n) is 4.28. The molecule has 21 heavy (non-hydrogen) atoms. The summed E-state index contributed by atoms with van der Waals surface area (Å²) in [4.78, 5) is 0. The van der Waals surface area contributed by atoms with Crippen molar-refractivity contribution in [3.63, 3.8) is 0 Å². The van der Waals surface area contributed by atoms with Crippen LogP contribution in [-0.4, -0.2) is 5.76 Å². The molecule has 2 aromatic rings. The Labute approximate surface area is 123 Å². The van der Waals surface area contributed by atoms with E-state index in [1.165, 1.54) is 12.1 Å². The molecule has 0 radical (unpaired) electrons. The first-order valence-electron chi connectivity index (χ1n) is 6.16. The Hall–Kier alpha value is -1.47. The minimum absolute atomic E-state index is 0.101. The summed E-state index contributed by atoms with van der Waals surface area (Å²) in [5, 5.41) is 2.95. The van der Waals surface area contributed by atoms with Crippen LogP contribution in [0.25, 0.3) is 0 Å². The molecular formula is C14H13F4NOS. The molecule has 0 aliphatic carbocycles. The standard InChI is InChI=1S/C14H13F4NOS/c15-10-2-1-9(13(16)5-10)6-19-7-11-3-4-12(20-11)8-21-14(17)18/h1-5,14,19H,6-8H2. The van der Waals surface area contributed by atoms with Crippen molar-refractivity contribution in [1.29, 1.82) is 0 Å². The van der Waals surface area contributed by atoms with Crippen LogP contribution in [0.5, 0.6) is 0 Å². The molecule has 2 nitrogen and oxygen atoms in total. The van der Waals surface area contributed by atoms with Gasteiger partial charge in [0, 0.05) is 18.2 Å². The molecule has 0 amide bonds. The Kier molecular flexibility index (Phi) is 5.69. The number of hydrogen-bond donors (Lipinski definition) is 1. The smallest absolute Gasteiger partial charge is 0.284 e. The molecule has 7 heteroatoms. The number of halogens is 4. The Morgan fingerprint density at radius 1 is 1.05 bits per heavy atom. The van der Waals surface area contributed by atoms with Crippen molar-refractivity contribution >= 4 is 11.8 Å². The molecular weight excluding hydrogens is 306 g/mol. The maximum Gasteiger partial charge on any atom is 0.284 e. The fraction of sp³-hybridized carbons (Fsp3) is 0.286. The third-order valence-electron chi connectivity index (χ3n) is 2.70. The molecule has 1 aromatic carbocycles. The van der Waals surface area contributed by atoms with E-state index in [0.717, 1.165) is 6.07 Å². The van der Waals surface area contributed by atoms with Crippen LogP contribution < -0.4 is 5.32 Å². The van der Waals surface area contributed by atoms with Crippen molar-refractivity contribution in [2.75, 3.05) is 0 Å². The molecule has 114 valence electrons. The van der Waals surface area contributed by atoms with E-state index >= 15 is 0 Å². The highest BCUT2D eigenvalue weighted by Gasteiger charge is 2.08. The van der Waals surface area contributed by atoms with E-state index in [2.05, 4.69) is 5.32 Å². The first-order valence-corrected chi connectivity index (χ1v) is 7.21. The first kappa shape index (κ1) is 15.9. The van der Waals surface area contributed by atoms with E-state index < -0.39 is 17.4 Å². The molecule has 0 saturated heterocycles. The van der Waals surface area contributed by atoms with Crippen LogP contribution in [-0.2, 0) is 18.8 Å². The molecule has 0 atom stereocenters. The summed E-state index contributed by atoms with van der Waals surface area (Å²) in [6.07, 6.45) is 0. The van der Waals surface area contributed by atoms with Gasteiger partial charge in [-0.2, -0.15) is 8.78 Å². The second kappa shape index (κ2) is 7.51. The lowest BCUT2D eigenvalue weighted by atomic mass is 10.2. The molecule has 1 N–H and O–H groups in total. The zero-order chi connectivity index (χ0) is 15.2. The molecule has 0 aliphatic heterocycles. The van der Waals surface area contributed by atoms with Crippen molar-refractivity contribution in [2.24, 2.45) is 0 Å². The Morgan fingerprint density at radius 2 is 1.81 bits per heavy atom. The van der Waals surface area contributed by atoms with Crippen LogP contribution in [0, 0.1) is 11.6 Å². The highest BCUT2D eigenvalue weighted by atomic mass is 32.2. The monoisotopic (exact) mass is 319 g/mol. The maximum absolute atomic E-state index is 13.4. The number of furan rings is 1. The fourth-order valence-corrected chi connectivity index (χ4v) is 2.17.